The van der Waals surface area contributed by atoms with Crippen LogP contribution in [0.5, 0.6) is 0 Å². The molecular weight excluding hydrogens is 314 g/mol. The van der Waals surface area contributed by atoms with Gasteiger partial charge >= 0.3 is 0 Å². The topological polar surface area (TPSA) is 20.3 Å². The maximum absolute atomic E-state index is 12.4. The lowest BCUT2D eigenvalue weighted by Gasteiger charge is -2.32. The molecule has 1 amide bonds. The van der Waals surface area contributed by atoms with Crippen molar-refractivity contribution in [2.75, 3.05) is 18.4 Å². The van der Waals surface area contributed by atoms with E-state index < -0.39 is 0 Å². The predicted molar refractivity (Wildman–Crippen MR) is 78.5 cm³/mol. The summed E-state index contributed by atoms with van der Waals surface area (Å²) in [7, 11) is 0. The Hall–Kier alpha value is -0.540. The molecule has 98 valence electrons. The fraction of sp³-hybridized carbons (Fsp3) is 0.500. The number of halogens is 2. The molecule has 1 fully saturated rings. The average molecular weight is 331 g/mol. The minimum absolute atomic E-state index is 0.108. The average Bonchev–Trinajstić information content (AvgIpc) is 2.39. The molecule has 2 nitrogen and oxygen atoms in total. The highest BCUT2D eigenvalue weighted by molar-refractivity contribution is 9.09. The highest BCUT2D eigenvalue weighted by atomic mass is 79.9. The lowest BCUT2D eigenvalue weighted by atomic mass is 9.95. The van der Waals surface area contributed by atoms with E-state index in [2.05, 4.69) is 15.9 Å². The summed E-state index contributed by atoms with van der Waals surface area (Å²) in [6, 6.07) is 7.21. The molecule has 0 N–H and O–H groups in total. The Morgan fingerprint density at radius 3 is 3.06 bits per heavy atom. The van der Waals surface area contributed by atoms with Gasteiger partial charge in [0.05, 0.1) is 0 Å². The van der Waals surface area contributed by atoms with E-state index in [-0.39, 0.29) is 5.91 Å². The number of likely N-dealkylation sites (tertiary alicyclic amines) is 1. The van der Waals surface area contributed by atoms with Gasteiger partial charge in [-0.25, -0.2) is 0 Å². The van der Waals surface area contributed by atoms with Crippen LogP contribution in [0.1, 0.15) is 29.6 Å². The third-order valence-corrected chi connectivity index (χ3v) is 4.09. The van der Waals surface area contributed by atoms with E-state index in [0.717, 1.165) is 31.3 Å². The van der Waals surface area contributed by atoms with Crippen LogP contribution in [0.2, 0.25) is 5.02 Å². The van der Waals surface area contributed by atoms with Crippen LogP contribution in [0.15, 0.2) is 24.3 Å². The molecule has 1 heterocycles. The Labute approximate surface area is 121 Å². The highest BCUT2D eigenvalue weighted by Gasteiger charge is 2.23. The first kappa shape index (κ1) is 13.9. The summed E-state index contributed by atoms with van der Waals surface area (Å²) >= 11 is 9.40. The molecule has 0 radical (unpaired) electrons. The number of nitrogens with zero attached hydrogens (tertiary/aromatic N) is 1. The summed E-state index contributed by atoms with van der Waals surface area (Å²) in [5.41, 5.74) is 0.696. The molecule has 1 saturated heterocycles. The number of piperidine rings is 1. The number of carbonyl (C=O) groups is 1. The monoisotopic (exact) mass is 329 g/mol. The molecule has 1 aliphatic rings. The molecule has 1 aromatic carbocycles. The fourth-order valence-corrected chi connectivity index (χ4v) is 3.28. The van der Waals surface area contributed by atoms with E-state index in [9.17, 15) is 4.79 Å². The molecule has 1 atom stereocenters. The van der Waals surface area contributed by atoms with E-state index >= 15 is 0 Å². The molecule has 18 heavy (non-hydrogen) atoms. The van der Waals surface area contributed by atoms with Gasteiger partial charge in [-0.05, 0) is 43.4 Å². The molecular formula is C14H17BrClNO. The van der Waals surface area contributed by atoms with Crippen molar-refractivity contribution in [1.82, 2.24) is 4.90 Å². The Bertz CT molecular complexity index is 422. The van der Waals surface area contributed by atoms with Gasteiger partial charge < -0.3 is 4.90 Å². The Balaban J connectivity index is 2.04. The van der Waals surface area contributed by atoms with E-state index in [1.54, 1.807) is 12.1 Å². The minimum Gasteiger partial charge on any atom is -0.338 e. The zero-order valence-corrected chi connectivity index (χ0v) is 12.6. The van der Waals surface area contributed by atoms with Gasteiger partial charge in [0.25, 0.3) is 5.91 Å². The normalized spacial score (nSPS) is 19.9. The number of benzene rings is 1. The second-order valence-electron chi connectivity index (χ2n) is 4.75. The number of alkyl halides is 1. The standard InChI is InChI=1S/C14H17BrClNO/c15-7-6-11-3-2-8-17(10-11)14(18)12-4-1-5-13(16)9-12/h1,4-5,9,11H,2-3,6-8,10H2. The van der Waals surface area contributed by atoms with Gasteiger partial charge in [0.15, 0.2) is 0 Å². The van der Waals surface area contributed by atoms with Gasteiger partial charge in [-0.1, -0.05) is 33.6 Å². The van der Waals surface area contributed by atoms with Gasteiger partial charge in [0.2, 0.25) is 0 Å². The highest BCUT2D eigenvalue weighted by Crippen LogP contribution is 2.22. The van der Waals surface area contributed by atoms with Crippen molar-refractivity contribution in [1.29, 1.82) is 0 Å². The first-order chi connectivity index (χ1) is 8.70. The van der Waals surface area contributed by atoms with Gasteiger partial charge in [-0.15, -0.1) is 0 Å². The first-order valence-corrected chi connectivity index (χ1v) is 7.81. The van der Waals surface area contributed by atoms with Crippen molar-refractivity contribution in [3.05, 3.63) is 34.9 Å². The Morgan fingerprint density at radius 2 is 2.33 bits per heavy atom. The number of amides is 1. The smallest absolute Gasteiger partial charge is 0.253 e. The van der Waals surface area contributed by atoms with Crippen molar-refractivity contribution >= 4 is 33.4 Å². The summed E-state index contributed by atoms with van der Waals surface area (Å²) in [5, 5.41) is 1.63. The molecule has 0 bridgehead atoms. The molecule has 0 aromatic heterocycles. The molecule has 0 saturated carbocycles. The summed E-state index contributed by atoms with van der Waals surface area (Å²) in [4.78, 5) is 14.3. The van der Waals surface area contributed by atoms with Crippen molar-refractivity contribution in [3.8, 4) is 0 Å². The van der Waals surface area contributed by atoms with Gasteiger partial charge in [-0.2, -0.15) is 0 Å². The second kappa shape index (κ2) is 6.58. The van der Waals surface area contributed by atoms with Crippen molar-refractivity contribution < 1.29 is 4.79 Å². The summed E-state index contributed by atoms with van der Waals surface area (Å²) in [5.74, 6) is 0.734. The zero-order chi connectivity index (χ0) is 13.0. The maximum atomic E-state index is 12.4. The van der Waals surface area contributed by atoms with E-state index in [0.29, 0.717) is 16.5 Å². The summed E-state index contributed by atoms with van der Waals surface area (Å²) in [6.45, 7) is 1.74. The lowest BCUT2D eigenvalue weighted by Crippen LogP contribution is -2.40. The van der Waals surface area contributed by atoms with Crippen LogP contribution < -0.4 is 0 Å². The SMILES string of the molecule is O=C(c1cccc(Cl)c1)N1CCCC(CCBr)C1. The predicted octanol–water partition coefficient (Wildman–Crippen LogP) is 3.98. The summed E-state index contributed by atoms with van der Waals surface area (Å²) < 4.78 is 0. The van der Waals surface area contributed by atoms with Crippen LogP contribution in [-0.4, -0.2) is 29.2 Å². The quantitative estimate of drug-likeness (QED) is 0.768. The van der Waals surface area contributed by atoms with Gasteiger partial charge in [0.1, 0.15) is 0 Å². The van der Waals surface area contributed by atoms with Crippen LogP contribution >= 0.6 is 27.5 Å². The molecule has 0 aliphatic carbocycles. The van der Waals surface area contributed by atoms with E-state index in [1.165, 1.54) is 6.42 Å². The minimum atomic E-state index is 0.108. The van der Waals surface area contributed by atoms with Crippen LogP contribution in [0.3, 0.4) is 0 Å². The fourth-order valence-electron chi connectivity index (χ4n) is 2.44. The van der Waals surface area contributed by atoms with Crippen molar-refractivity contribution in [3.63, 3.8) is 0 Å². The van der Waals surface area contributed by atoms with Crippen LogP contribution in [-0.2, 0) is 0 Å². The third kappa shape index (κ3) is 3.48. The number of hydrogen-bond donors (Lipinski definition) is 0. The number of rotatable bonds is 3. The molecule has 4 heteroatoms. The largest absolute Gasteiger partial charge is 0.338 e. The second-order valence-corrected chi connectivity index (χ2v) is 5.98. The maximum Gasteiger partial charge on any atom is 0.253 e. The zero-order valence-electron chi connectivity index (χ0n) is 10.2. The first-order valence-electron chi connectivity index (χ1n) is 6.31. The Morgan fingerprint density at radius 1 is 1.50 bits per heavy atom. The van der Waals surface area contributed by atoms with Crippen molar-refractivity contribution in [2.45, 2.75) is 19.3 Å². The molecule has 1 aromatic rings. The van der Waals surface area contributed by atoms with Crippen LogP contribution in [0.4, 0.5) is 0 Å². The number of hydrogen-bond acceptors (Lipinski definition) is 1. The molecule has 1 aliphatic heterocycles. The van der Waals surface area contributed by atoms with Crippen molar-refractivity contribution in [2.24, 2.45) is 5.92 Å². The van der Waals surface area contributed by atoms with Gasteiger partial charge in [0, 0.05) is 29.0 Å². The van der Waals surface area contributed by atoms with E-state index in [4.69, 9.17) is 11.6 Å². The number of carbonyl (C=O) groups excluding carboxylic acids is 1. The van der Waals surface area contributed by atoms with E-state index in [1.807, 2.05) is 17.0 Å². The molecule has 2 rings (SSSR count). The lowest BCUT2D eigenvalue weighted by molar-refractivity contribution is 0.0672. The van der Waals surface area contributed by atoms with Crippen LogP contribution in [0.25, 0.3) is 0 Å². The van der Waals surface area contributed by atoms with Crippen LogP contribution in [0, 0.1) is 5.92 Å². The molecule has 0 spiro atoms. The Kier molecular flexibility index (Phi) is 5.07. The van der Waals surface area contributed by atoms with Gasteiger partial charge in [-0.3, -0.25) is 4.79 Å². The molecule has 1 unspecified atom stereocenters. The summed E-state index contributed by atoms with van der Waals surface area (Å²) in [6.07, 6.45) is 3.47. The third-order valence-electron chi connectivity index (χ3n) is 3.40.